The molecule has 0 unspecified atom stereocenters. The van der Waals surface area contributed by atoms with Gasteiger partial charge in [-0.15, -0.1) is 0 Å². The third-order valence-electron chi connectivity index (χ3n) is 1.56. The van der Waals surface area contributed by atoms with Crippen LogP contribution < -0.4 is 5.32 Å². The van der Waals surface area contributed by atoms with Crippen LogP contribution in [0.5, 0.6) is 0 Å². The van der Waals surface area contributed by atoms with Crippen molar-refractivity contribution in [1.29, 1.82) is 0 Å². The summed E-state index contributed by atoms with van der Waals surface area (Å²) in [6.45, 7) is 3.17. The predicted octanol–water partition coefficient (Wildman–Crippen LogP) is -0.473. The van der Waals surface area contributed by atoms with E-state index in [1.165, 1.54) is 0 Å². The highest BCUT2D eigenvalue weighted by Crippen LogP contribution is 2.07. The minimum atomic E-state index is -1.06. The maximum atomic E-state index is 11.1. The quantitative estimate of drug-likeness (QED) is 0.458. The summed E-state index contributed by atoms with van der Waals surface area (Å²) in [6, 6.07) is -0.615. The molecule has 0 aromatic rings. The molecule has 6 heteroatoms. The first kappa shape index (κ1) is 9.24. The number of aliphatic carboxylic acids is 1. The number of amides is 3. The molecule has 2 N–H and O–H groups in total. The van der Waals surface area contributed by atoms with Crippen molar-refractivity contribution in [2.24, 2.45) is 0 Å². The summed E-state index contributed by atoms with van der Waals surface area (Å²) in [5, 5.41) is 10.5. The molecule has 1 rings (SSSR count). The number of nitrogens with one attached hydrogen (secondary N) is 1. The van der Waals surface area contributed by atoms with Crippen LogP contribution in [-0.2, 0) is 9.59 Å². The molecule has 0 radical (unpaired) electrons. The maximum Gasteiger partial charge on any atom is 0.329 e. The first-order valence-corrected chi connectivity index (χ1v) is 3.56. The highest BCUT2D eigenvalue weighted by atomic mass is 16.4. The Morgan fingerprint density at radius 2 is 2.15 bits per heavy atom. The predicted molar refractivity (Wildman–Crippen MR) is 41.6 cm³/mol. The van der Waals surface area contributed by atoms with Gasteiger partial charge in [0.1, 0.15) is 5.70 Å². The fraction of sp³-hybridized carbons (Fsp3) is 0.286. The summed E-state index contributed by atoms with van der Waals surface area (Å²) in [5.74, 6) is -1.62. The molecule has 1 aliphatic heterocycles. The van der Waals surface area contributed by atoms with E-state index in [1.54, 1.807) is 0 Å². The van der Waals surface area contributed by atoms with Crippen molar-refractivity contribution < 1.29 is 19.5 Å². The zero-order valence-electron chi connectivity index (χ0n) is 6.74. The van der Waals surface area contributed by atoms with Gasteiger partial charge < -0.3 is 10.4 Å². The lowest BCUT2D eigenvalue weighted by atomic mass is 10.4. The van der Waals surface area contributed by atoms with Crippen LogP contribution in [0.2, 0.25) is 0 Å². The molecule has 0 atom stereocenters. The van der Waals surface area contributed by atoms with Gasteiger partial charge in [0.15, 0.2) is 0 Å². The minimum Gasteiger partial charge on any atom is -0.481 e. The molecule has 1 saturated heterocycles. The van der Waals surface area contributed by atoms with Gasteiger partial charge in [-0.3, -0.25) is 14.5 Å². The number of imide groups is 1. The summed E-state index contributed by atoms with van der Waals surface area (Å²) < 4.78 is 0. The molecule has 0 spiro atoms. The van der Waals surface area contributed by atoms with E-state index in [0.29, 0.717) is 0 Å². The van der Waals surface area contributed by atoms with Crippen molar-refractivity contribution in [3.8, 4) is 0 Å². The molecular weight excluding hydrogens is 176 g/mol. The number of nitrogens with zero attached hydrogens (tertiary/aromatic N) is 1. The van der Waals surface area contributed by atoms with Crippen molar-refractivity contribution in [1.82, 2.24) is 10.2 Å². The minimum absolute atomic E-state index is 0.0182. The van der Waals surface area contributed by atoms with E-state index in [2.05, 4.69) is 11.9 Å². The van der Waals surface area contributed by atoms with E-state index in [1.807, 2.05) is 0 Å². The molecule has 0 aliphatic carbocycles. The molecule has 0 bridgehead atoms. The van der Waals surface area contributed by atoms with Gasteiger partial charge >= 0.3 is 12.0 Å². The molecule has 6 nitrogen and oxygen atoms in total. The first-order chi connectivity index (χ1) is 6.02. The Morgan fingerprint density at radius 3 is 2.54 bits per heavy atom. The second-order valence-electron chi connectivity index (χ2n) is 2.51. The van der Waals surface area contributed by atoms with Crippen LogP contribution in [0.1, 0.15) is 6.42 Å². The monoisotopic (exact) mass is 184 g/mol. The lowest BCUT2D eigenvalue weighted by Gasteiger charge is -2.08. The first-order valence-electron chi connectivity index (χ1n) is 3.56. The van der Waals surface area contributed by atoms with Gasteiger partial charge in [0.25, 0.3) is 5.91 Å². The Hall–Kier alpha value is -1.85. The average Bonchev–Trinajstić information content (AvgIpc) is 2.24. The van der Waals surface area contributed by atoms with Crippen molar-refractivity contribution in [3.05, 3.63) is 12.3 Å². The number of urea groups is 1. The van der Waals surface area contributed by atoms with Crippen molar-refractivity contribution >= 4 is 17.9 Å². The van der Waals surface area contributed by atoms with Crippen molar-refractivity contribution in [2.75, 3.05) is 6.54 Å². The van der Waals surface area contributed by atoms with E-state index in [4.69, 9.17) is 5.11 Å². The lowest BCUT2D eigenvalue weighted by Crippen LogP contribution is -2.32. The van der Waals surface area contributed by atoms with Crippen molar-refractivity contribution in [3.63, 3.8) is 0 Å². The highest BCUT2D eigenvalue weighted by Gasteiger charge is 2.31. The van der Waals surface area contributed by atoms with E-state index in [0.717, 1.165) is 4.90 Å². The molecule has 1 fully saturated rings. The Bertz CT molecular complexity index is 297. The summed E-state index contributed by atoms with van der Waals surface area (Å²) in [6.07, 6.45) is -0.258. The van der Waals surface area contributed by atoms with Crippen LogP contribution in [0.25, 0.3) is 0 Å². The van der Waals surface area contributed by atoms with Gasteiger partial charge in [0.2, 0.25) is 0 Å². The van der Waals surface area contributed by atoms with E-state index in [-0.39, 0.29) is 18.7 Å². The second-order valence-corrected chi connectivity index (χ2v) is 2.51. The molecule has 70 valence electrons. The molecule has 0 aromatic heterocycles. The summed E-state index contributed by atoms with van der Waals surface area (Å²) in [4.78, 5) is 33.0. The zero-order valence-corrected chi connectivity index (χ0v) is 6.74. The Balaban J connectivity index is 2.59. The average molecular weight is 184 g/mol. The van der Waals surface area contributed by atoms with Gasteiger partial charge in [0.05, 0.1) is 6.42 Å². The molecule has 13 heavy (non-hydrogen) atoms. The van der Waals surface area contributed by atoms with E-state index < -0.39 is 17.9 Å². The third-order valence-corrected chi connectivity index (χ3v) is 1.56. The Morgan fingerprint density at radius 1 is 1.54 bits per heavy atom. The van der Waals surface area contributed by atoms with Gasteiger partial charge in [-0.25, -0.2) is 4.79 Å². The number of carbonyl (C=O) groups excluding carboxylic acids is 2. The number of carboxylic acids is 1. The van der Waals surface area contributed by atoms with Crippen LogP contribution in [0, 0.1) is 0 Å². The normalized spacial score (nSPS) is 16.3. The Labute approximate surface area is 73.8 Å². The van der Waals surface area contributed by atoms with Crippen LogP contribution in [0.4, 0.5) is 4.79 Å². The summed E-state index contributed by atoms with van der Waals surface area (Å²) in [5.41, 5.74) is -0.0182. The smallest absolute Gasteiger partial charge is 0.329 e. The topological polar surface area (TPSA) is 86.7 Å². The van der Waals surface area contributed by atoms with Gasteiger partial charge in [-0.2, -0.15) is 0 Å². The van der Waals surface area contributed by atoms with Gasteiger partial charge in [-0.05, 0) is 0 Å². The number of carboxylic acid groups (broad SMARTS) is 1. The highest BCUT2D eigenvalue weighted by molar-refractivity contribution is 6.11. The molecule has 0 aromatic carbocycles. The number of carbonyl (C=O) groups is 3. The fourth-order valence-corrected chi connectivity index (χ4v) is 0.916. The van der Waals surface area contributed by atoms with Crippen LogP contribution >= 0.6 is 0 Å². The molecular formula is C7H8N2O4. The van der Waals surface area contributed by atoms with Crippen molar-refractivity contribution in [2.45, 2.75) is 6.42 Å². The third kappa shape index (κ3) is 1.84. The standard InChI is InChI=1S/C7H8N2O4/c1-4-6(12)9(7(13)8-4)3-2-5(10)11/h1-3H2,(H,8,13)(H,10,11). The lowest BCUT2D eigenvalue weighted by molar-refractivity contribution is -0.137. The van der Waals surface area contributed by atoms with Crippen LogP contribution in [0.15, 0.2) is 12.3 Å². The fourth-order valence-electron chi connectivity index (χ4n) is 0.916. The molecule has 1 heterocycles. The number of hydrogen-bond donors (Lipinski definition) is 2. The van der Waals surface area contributed by atoms with Gasteiger partial charge in [-0.1, -0.05) is 6.58 Å². The second kappa shape index (κ2) is 3.26. The SMILES string of the molecule is C=C1NC(=O)N(CCC(=O)O)C1=O. The Kier molecular flexibility index (Phi) is 2.32. The number of rotatable bonds is 3. The molecule has 0 saturated carbocycles. The van der Waals surface area contributed by atoms with Crippen LogP contribution in [0.3, 0.4) is 0 Å². The summed E-state index contributed by atoms with van der Waals surface area (Å²) in [7, 11) is 0. The van der Waals surface area contributed by atoms with E-state index >= 15 is 0 Å². The number of hydrogen-bond acceptors (Lipinski definition) is 3. The summed E-state index contributed by atoms with van der Waals surface area (Å²) >= 11 is 0. The van der Waals surface area contributed by atoms with Crippen LogP contribution in [-0.4, -0.2) is 34.5 Å². The maximum absolute atomic E-state index is 11.1. The molecule has 3 amide bonds. The largest absolute Gasteiger partial charge is 0.481 e. The zero-order chi connectivity index (χ0) is 10.0. The van der Waals surface area contributed by atoms with Gasteiger partial charge in [0, 0.05) is 6.54 Å². The molecule has 1 aliphatic rings. The van der Waals surface area contributed by atoms with E-state index in [9.17, 15) is 14.4 Å².